The van der Waals surface area contributed by atoms with Gasteiger partial charge in [0, 0.05) is 0 Å². The highest BCUT2D eigenvalue weighted by molar-refractivity contribution is 7.16. The molecular weight excluding hydrogens is 148 g/mol. The lowest BCUT2D eigenvalue weighted by atomic mass is 10.7. The number of hydrogen-bond donors (Lipinski definition) is 0. The zero-order valence-electron chi connectivity index (χ0n) is 5.27. The van der Waals surface area contributed by atoms with Crippen LogP contribution in [0.25, 0.3) is 10.5 Å². The zero-order chi connectivity index (χ0) is 6.97. The second-order valence-electron chi connectivity index (χ2n) is 1.84. The van der Waals surface area contributed by atoms with Crippen LogP contribution in [-0.2, 0) is 0 Å². The Kier molecular flexibility index (Phi) is 1.10. The van der Waals surface area contributed by atoms with Gasteiger partial charge in [-0.25, -0.2) is 9.97 Å². The van der Waals surface area contributed by atoms with Crippen molar-refractivity contribution in [3.05, 3.63) is 11.3 Å². The third-order valence-electron chi connectivity index (χ3n) is 1.08. The van der Waals surface area contributed by atoms with E-state index in [1.54, 1.807) is 5.51 Å². The van der Waals surface area contributed by atoms with Gasteiger partial charge in [-0.2, -0.15) is 0 Å². The second-order valence-corrected chi connectivity index (χ2v) is 2.67. The molecule has 0 bridgehead atoms. The molecular formula is C5H4N4S. The number of thiazole rings is 1. The number of aromatic nitrogens is 4. The van der Waals surface area contributed by atoms with Gasteiger partial charge in [-0.05, 0) is 6.92 Å². The average Bonchev–Trinajstić information content (AvgIpc) is 2.33. The largest absolute Gasteiger partial charge is 0.222 e. The van der Waals surface area contributed by atoms with Crippen molar-refractivity contribution in [1.29, 1.82) is 0 Å². The summed E-state index contributed by atoms with van der Waals surface area (Å²) in [4.78, 5) is 8.91. The van der Waals surface area contributed by atoms with Crippen molar-refractivity contribution in [2.24, 2.45) is 0 Å². The number of nitrogens with zero attached hydrogens (tertiary/aromatic N) is 4. The highest BCUT2D eigenvalue weighted by Gasteiger charge is 1.98. The summed E-state index contributed by atoms with van der Waals surface area (Å²) >= 11 is 1.48. The Morgan fingerprint density at radius 2 is 2.30 bits per heavy atom. The Bertz CT molecular complexity index is 355. The maximum Gasteiger partial charge on any atom is 0.211 e. The van der Waals surface area contributed by atoms with E-state index in [9.17, 15) is 0 Å². The van der Waals surface area contributed by atoms with E-state index in [1.807, 2.05) is 6.92 Å². The number of fused-ring (bicyclic) bond motifs is 1. The summed E-state index contributed by atoms with van der Waals surface area (Å²) in [5, 5.41) is 7.59. The van der Waals surface area contributed by atoms with Crippen LogP contribution in [0.1, 0.15) is 5.82 Å². The highest BCUT2D eigenvalue weighted by atomic mass is 32.1. The van der Waals surface area contributed by atoms with Crippen LogP contribution in [-0.4, -0.2) is 20.2 Å². The van der Waals surface area contributed by atoms with Crippen LogP contribution in [0.3, 0.4) is 0 Å². The summed E-state index contributed by atoms with van der Waals surface area (Å²) in [6.45, 7) is 1.81. The molecule has 10 heavy (non-hydrogen) atoms. The van der Waals surface area contributed by atoms with Gasteiger partial charge in [0.1, 0.15) is 5.82 Å². The normalized spacial score (nSPS) is 10.5. The van der Waals surface area contributed by atoms with Crippen molar-refractivity contribution in [3.8, 4) is 0 Å². The van der Waals surface area contributed by atoms with Gasteiger partial charge in [0.15, 0.2) is 4.83 Å². The van der Waals surface area contributed by atoms with Crippen molar-refractivity contribution in [3.63, 3.8) is 0 Å². The third kappa shape index (κ3) is 0.750. The van der Waals surface area contributed by atoms with Crippen LogP contribution in [0.5, 0.6) is 0 Å². The van der Waals surface area contributed by atoms with Gasteiger partial charge in [0.2, 0.25) is 5.65 Å². The predicted octanol–water partition coefficient (Wildman–Crippen LogP) is 0.790. The lowest BCUT2D eigenvalue weighted by molar-refractivity contribution is 0.946. The SMILES string of the molecule is Cc1nnc2ncsc2n1. The third-order valence-corrected chi connectivity index (χ3v) is 1.79. The Morgan fingerprint density at radius 3 is 3.20 bits per heavy atom. The number of rotatable bonds is 0. The molecule has 0 saturated carbocycles. The van der Waals surface area contributed by atoms with Crippen LogP contribution in [0.4, 0.5) is 0 Å². The summed E-state index contributed by atoms with van der Waals surface area (Å²) in [6, 6.07) is 0. The van der Waals surface area contributed by atoms with Crippen LogP contribution in [0.2, 0.25) is 0 Å². The van der Waals surface area contributed by atoms with E-state index in [1.165, 1.54) is 11.3 Å². The van der Waals surface area contributed by atoms with Gasteiger partial charge in [-0.15, -0.1) is 21.5 Å². The van der Waals surface area contributed by atoms with E-state index in [2.05, 4.69) is 20.2 Å². The topological polar surface area (TPSA) is 51.6 Å². The highest BCUT2D eigenvalue weighted by Crippen LogP contribution is 2.10. The summed E-state index contributed by atoms with van der Waals surface area (Å²) in [6.07, 6.45) is 0. The molecule has 0 aliphatic rings. The van der Waals surface area contributed by atoms with Gasteiger partial charge in [-0.1, -0.05) is 0 Å². The van der Waals surface area contributed by atoms with Gasteiger partial charge < -0.3 is 0 Å². The molecule has 0 fully saturated rings. The van der Waals surface area contributed by atoms with Crippen LogP contribution >= 0.6 is 11.3 Å². The lowest BCUT2D eigenvalue weighted by Gasteiger charge is -1.85. The molecule has 0 radical (unpaired) electrons. The van der Waals surface area contributed by atoms with E-state index in [0.29, 0.717) is 11.5 Å². The fourth-order valence-corrected chi connectivity index (χ4v) is 1.30. The molecule has 50 valence electrons. The maximum atomic E-state index is 4.12. The van der Waals surface area contributed by atoms with Crippen LogP contribution in [0, 0.1) is 6.92 Å². The van der Waals surface area contributed by atoms with Crippen molar-refractivity contribution in [1.82, 2.24) is 20.2 Å². The second kappa shape index (κ2) is 1.95. The van der Waals surface area contributed by atoms with E-state index in [-0.39, 0.29) is 0 Å². The fraction of sp³-hybridized carbons (Fsp3) is 0.200. The molecule has 0 aliphatic carbocycles. The van der Waals surface area contributed by atoms with Crippen molar-refractivity contribution in [2.45, 2.75) is 6.92 Å². The van der Waals surface area contributed by atoms with E-state index in [4.69, 9.17) is 0 Å². The molecule has 0 aliphatic heterocycles. The van der Waals surface area contributed by atoms with Gasteiger partial charge >= 0.3 is 0 Å². The molecule has 0 aromatic carbocycles. The molecule has 0 N–H and O–H groups in total. The standard InChI is InChI=1S/C5H4N4S/c1-3-7-5-4(9-8-3)6-2-10-5/h2H,1H3. The van der Waals surface area contributed by atoms with Gasteiger partial charge in [0.05, 0.1) is 5.51 Å². The molecule has 0 atom stereocenters. The number of aryl methyl sites for hydroxylation is 1. The van der Waals surface area contributed by atoms with E-state index < -0.39 is 0 Å². The molecule has 0 amide bonds. The summed E-state index contributed by atoms with van der Waals surface area (Å²) in [5.74, 6) is 0.691. The van der Waals surface area contributed by atoms with Crippen molar-refractivity contribution >= 4 is 21.8 Å². The first-order chi connectivity index (χ1) is 4.86. The molecule has 0 spiro atoms. The fourth-order valence-electron chi connectivity index (χ4n) is 0.668. The first kappa shape index (κ1) is 5.67. The smallest absolute Gasteiger partial charge is 0.211 e. The quantitative estimate of drug-likeness (QED) is 0.560. The lowest BCUT2D eigenvalue weighted by Crippen LogP contribution is -1.89. The zero-order valence-corrected chi connectivity index (χ0v) is 6.09. The Balaban J connectivity index is 2.86. The molecule has 0 saturated heterocycles. The van der Waals surface area contributed by atoms with Crippen LogP contribution in [0.15, 0.2) is 5.51 Å². The first-order valence-corrected chi connectivity index (χ1v) is 3.65. The molecule has 2 aromatic heterocycles. The maximum absolute atomic E-state index is 4.12. The minimum atomic E-state index is 0.635. The van der Waals surface area contributed by atoms with E-state index >= 15 is 0 Å². The summed E-state index contributed by atoms with van der Waals surface area (Å²) < 4.78 is 0. The predicted molar refractivity (Wildman–Crippen MR) is 37.7 cm³/mol. The Morgan fingerprint density at radius 1 is 1.40 bits per heavy atom. The van der Waals surface area contributed by atoms with Crippen molar-refractivity contribution < 1.29 is 0 Å². The Labute approximate surface area is 61.0 Å². The summed E-state index contributed by atoms with van der Waals surface area (Å²) in [7, 11) is 0. The molecule has 5 heteroatoms. The van der Waals surface area contributed by atoms with Gasteiger partial charge in [0.25, 0.3) is 0 Å². The van der Waals surface area contributed by atoms with E-state index in [0.717, 1.165) is 4.83 Å². The molecule has 2 rings (SSSR count). The average molecular weight is 152 g/mol. The summed E-state index contributed by atoms with van der Waals surface area (Å²) in [5.41, 5.74) is 2.35. The minimum Gasteiger partial charge on any atom is -0.222 e. The van der Waals surface area contributed by atoms with Crippen LogP contribution < -0.4 is 0 Å². The molecule has 0 unspecified atom stereocenters. The monoisotopic (exact) mass is 152 g/mol. The molecule has 4 nitrogen and oxygen atoms in total. The first-order valence-electron chi connectivity index (χ1n) is 2.77. The van der Waals surface area contributed by atoms with Gasteiger partial charge in [-0.3, -0.25) is 0 Å². The number of hydrogen-bond acceptors (Lipinski definition) is 5. The molecule has 2 heterocycles. The minimum absolute atomic E-state index is 0.635. The van der Waals surface area contributed by atoms with Crippen molar-refractivity contribution in [2.75, 3.05) is 0 Å². The Hall–Kier alpha value is -1.10. The molecule has 2 aromatic rings.